The minimum Gasteiger partial charge on any atom is -0.478 e. The van der Waals surface area contributed by atoms with E-state index >= 15 is 0 Å². The van der Waals surface area contributed by atoms with E-state index in [-0.39, 0.29) is 11.5 Å². The molecule has 0 spiro atoms. The number of aromatic nitrogens is 1. The average molecular weight is 333 g/mol. The largest absolute Gasteiger partial charge is 0.478 e. The van der Waals surface area contributed by atoms with Crippen LogP contribution in [0.5, 0.6) is 0 Å². The van der Waals surface area contributed by atoms with Crippen LogP contribution in [-0.4, -0.2) is 28.2 Å². The van der Waals surface area contributed by atoms with E-state index in [0.29, 0.717) is 11.1 Å². The zero-order valence-electron chi connectivity index (χ0n) is 13.4. The fourth-order valence-corrected chi connectivity index (χ4v) is 2.52. The number of rotatable bonds is 4. The quantitative estimate of drug-likeness (QED) is 0.567. The summed E-state index contributed by atoms with van der Waals surface area (Å²) in [5.41, 5.74) is 4.89. The molecule has 6 nitrogen and oxygen atoms in total. The van der Waals surface area contributed by atoms with Crippen LogP contribution in [0.15, 0.2) is 59.7 Å². The fraction of sp³-hybridized carbons (Fsp3) is 0.0526. The van der Waals surface area contributed by atoms with E-state index in [2.05, 4.69) is 15.5 Å². The Kier molecular flexibility index (Phi) is 4.52. The highest BCUT2D eigenvalue weighted by molar-refractivity contribution is 6.06. The average Bonchev–Trinajstić information content (AvgIpc) is 2.61. The second-order valence-electron chi connectivity index (χ2n) is 5.42. The standard InChI is InChI=1S/C19H15N3O3/c1-12-10-16(15-8-4-5-9-17(15)21-12)18(23)22-20-11-13-6-2-3-7-14(13)19(24)25/h2-11H,1H3,(H,22,23)(H,24,25). The predicted molar refractivity (Wildman–Crippen MR) is 94.9 cm³/mol. The van der Waals surface area contributed by atoms with Gasteiger partial charge in [-0.25, -0.2) is 10.2 Å². The number of amides is 1. The van der Waals surface area contributed by atoms with E-state index in [1.165, 1.54) is 12.3 Å². The summed E-state index contributed by atoms with van der Waals surface area (Å²) in [6, 6.07) is 15.5. The van der Waals surface area contributed by atoms with Gasteiger partial charge in [-0.2, -0.15) is 5.10 Å². The number of aromatic carboxylic acids is 1. The summed E-state index contributed by atoms with van der Waals surface area (Å²) in [6.45, 7) is 1.82. The third-order valence-corrected chi connectivity index (χ3v) is 3.65. The van der Waals surface area contributed by atoms with Gasteiger partial charge in [-0.1, -0.05) is 36.4 Å². The van der Waals surface area contributed by atoms with Crippen molar-refractivity contribution < 1.29 is 14.7 Å². The lowest BCUT2D eigenvalue weighted by molar-refractivity contribution is 0.0696. The summed E-state index contributed by atoms with van der Waals surface area (Å²) in [7, 11) is 0. The molecule has 1 amide bonds. The molecule has 0 atom stereocenters. The molecule has 0 unspecified atom stereocenters. The van der Waals surface area contributed by atoms with Gasteiger partial charge in [0.1, 0.15) is 0 Å². The van der Waals surface area contributed by atoms with E-state index in [9.17, 15) is 9.59 Å². The number of nitrogens with one attached hydrogen (secondary N) is 1. The molecule has 0 aliphatic heterocycles. The van der Waals surface area contributed by atoms with E-state index in [1.54, 1.807) is 24.3 Å². The number of carboxylic acids is 1. The van der Waals surface area contributed by atoms with Gasteiger partial charge in [-0.15, -0.1) is 0 Å². The number of carboxylic acid groups (broad SMARTS) is 1. The van der Waals surface area contributed by atoms with Crippen molar-refractivity contribution in [3.05, 3.63) is 77.0 Å². The van der Waals surface area contributed by atoms with Gasteiger partial charge in [0.15, 0.2) is 0 Å². The summed E-state index contributed by atoms with van der Waals surface area (Å²) in [6.07, 6.45) is 1.32. The van der Waals surface area contributed by atoms with Crippen molar-refractivity contribution in [2.45, 2.75) is 6.92 Å². The molecule has 1 aromatic heterocycles. The van der Waals surface area contributed by atoms with Crippen molar-refractivity contribution >= 4 is 29.0 Å². The van der Waals surface area contributed by atoms with Gasteiger partial charge in [0, 0.05) is 16.6 Å². The Bertz CT molecular complexity index is 996. The second kappa shape index (κ2) is 6.92. The van der Waals surface area contributed by atoms with E-state index < -0.39 is 5.97 Å². The number of benzene rings is 2. The molecule has 0 saturated carbocycles. The topological polar surface area (TPSA) is 91.7 Å². The third kappa shape index (κ3) is 3.53. The Balaban J connectivity index is 1.86. The first-order valence-corrected chi connectivity index (χ1v) is 7.58. The fourth-order valence-electron chi connectivity index (χ4n) is 2.52. The molecule has 124 valence electrons. The maximum Gasteiger partial charge on any atom is 0.336 e. The molecular formula is C19H15N3O3. The molecule has 6 heteroatoms. The maximum absolute atomic E-state index is 12.5. The highest BCUT2D eigenvalue weighted by Crippen LogP contribution is 2.18. The molecule has 2 aromatic carbocycles. The second-order valence-corrected chi connectivity index (χ2v) is 5.42. The first-order valence-electron chi connectivity index (χ1n) is 7.58. The van der Waals surface area contributed by atoms with E-state index in [0.717, 1.165) is 16.6 Å². The molecular weight excluding hydrogens is 318 g/mol. The molecule has 0 radical (unpaired) electrons. The summed E-state index contributed by atoms with van der Waals surface area (Å²) in [5, 5.41) is 13.8. The van der Waals surface area contributed by atoms with E-state index in [1.807, 2.05) is 31.2 Å². The van der Waals surface area contributed by atoms with Crippen LogP contribution in [0.2, 0.25) is 0 Å². The molecule has 0 saturated heterocycles. The summed E-state index contributed by atoms with van der Waals surface area (Å²) < 4.78 is 0. The Labute approximate surface area is 143 Å². The summed E-state index contributed by atoms with van der Waals surface area (Å²) in [4.78, 5) is 28.0. The van der Waals surface area contributed by atoms with Crippen molar-refractivity contribution in [2.75, 3.05) is 0 Å². The molecule has 0 fully saturated rings. The van der Waals surface area contributed by atoms with Crippen molar-refractivity contribution in [3.63, 3.8) is 0 Å². The van der Waals surface area contributed by atoms with Crippen molar-refractivity contribution in [1.29, 1.82) is 0 Å². The lowest BCUT2D eigenvalue weighted by atomic mass is 10.1. The Hall–Kier alpha value is -3.54. The van der Waals surface area contributed by atoms with Crippen LogP contribution >= 0.6 is 0 Å². The van der Waals surface area contributed by atoms with Gasteiger partial charge < -0.3 is 5.11 Å². The minimum atomic E-state index is -1.05. The van der Waals surface area contributed by atoms with Crippen LogP contribution in [-0.2, 0) is 0 Å². The van der Waals surface area contributed by atoms with Gasteiger partial charge >= 0.3 is 5.97 Å². The number of para-hydroxylation sites is 1. The van der Waals surface area contributed by atoms with Gasteiger partial charge in [-0.05, 0) is 25.1 Å². The maximum atomic E-state index is 12.5. The van der Waals surface area contributed by atoms with Crippen molar-refractivity contribution in [3.8, 4) is 0 Å². The van der Waals surface area contributed by atoms with Crippen LogP contribution in [0.4, 0.5) is 0 Å². The van der Waals surface area contributed by atoms with Crippen molar-refractivity contribution in [1.82, 2.24) is 10.4 Å². The normalized spacial score (nSPS) is 10.9. The van der Waals surface area contributed by atoms with Crippen LogP contribution < -0.4 is 5.43 Å². The van der Waals surface area contributed by atoms with Crippen LogP contribution in [0.1, 0.15) is 32.0 Å². The van der Waals surface area contributed by atoms with Gasteiger partial charge in [0.2, 0.25) is 0 Å². The highest BCUT2D eigenvalue weighted by Gasteiger charge is 2.11. The first-order chi connectivity index (χ1) is 12.1. The van der Waals surface area contributed by atoms with Crippen LogP contribution in [0.3, 0.4) is 0 Å². The number of carbonyl (C=O) groups excluding carboxylic acids is 1. The number of hydrogen-bond donors (Lipinski definition) is 2. The monoisotopic (exact) mass is 333 g/mol. The lowest BCUT2D eigenvalue weighted by Gasteiger charge is -2.06. The molecule has 0 bridgehead atoms. The Morgan fingerprint density at radius 3 is 2.60 bits per heavy atom. The SMILES string of the molecule is Cc1cc(C(=O)NN=Cc2ccccc2C(=O)O)c2ccccc2n1. The zero-order valence-corrected chi connectivity index (χ0v) is 13.4. The third-order valence-electron chi connectivity index (χ3n) is 3.65. The Morgan fingerprint density at radius 1 is 1.08 bits per heavy atom. The summed E-state index contributed by atoms with van der Waals surface area (Å²) >= 11 is 0. The van der Waals surface area contributed by atoms with Gasteiger partial charge in [0.25, 0.3) is 5.91 Å². The molecule has 3 aromatic rings. The van der Waals surface area contributed by atoms with Gasteiger partial charge in [0.05, 0.1) is 22.9 Å². The molecule has 25 heavy (non-hydrogen) atoms. The predicted octanol–water partition coefficient (Wildman–Crippen LogP) is 3.01. The molecule has 2 N–H and O–H groups in total. The van der Waals surface area contributed by atoms with E-state index in [4.69, 9.17) is 5.11 Å². The van der Waals surface area contributed by atoms with Crippen molar-refractivity contribution in [2.24, 2.45) is 5.10 Å². The minimum absolute atomic E-state index is 0.116. The molecule has 0 aliphatic carbocycles. The Morgan fingerprint density at radius 2 is 1.80 bits per heavy atom. The number of carbonyl (C=O) groups is 2. The first kappa shape index (κ1) is 16.3. The molecule has 1 heterocycles. The number of hydrazone groups is 1. The molecule has 0 aliphatic rings. The zero-order chi connectivity index (χ0) is 17.8. The van der Waals surface area contributed by atoms with Crippen LogP contribution in [0, 0.1) is 6.92 Å². The smallest absolute Gasteiger partial charge is 0.336 e. The lowest BCUT2D eigenvalue weighted by Crippen LogP contribution is -2.18. The highest BCUT2D eigenvalue weighted by atomic mass is 16.4. The number of hydrogen-bond acceptors (Lipinski definition) is 4. The number of aryl methyl sites for hydroxylation is 1. The van der Waals surface area contributed by atoms with Crippen LogP contribution in [0.25, 0.3) is 10.9 Å². The number of pyridine rings is 1. The molecule has 3 rings (SSSR count). The van der Waals surface area contributed by atoms with Gasteiger partial charge in [-0.3, -0.25) is 9.78 Å². The number of fused-ring (bicyclic) bond motifs is 1. The number of nitrogens with zero attached hydrogens (tertiary/aromatic N) is 2. The summed E-state index contributed by atoms with van der Waals surface area (Å²) in [5.74, 6) is -1.44.